The van der Waals surface area contributed by atoms with Crippen molar-refractivity contribution >= 4 is 33.0 Å². The molecule has 0 saturated heterocycles. The summed E-state index contributed by atoms with van der Waals surface area (Å²) in [4.78, 5) is 3.49. The molecule has 2 aromatic heterocycles. The largest absolute Gasteiger partial charge is 0.454 e. The van der Waals surface area contributed by atoms with Gasteiger partial charge in [-0.05, 0) is 35.4 Å². The van der Waals surface area contributed by atoms with Gasteiger partial charge in [0.2, 0.25) is 0 Å². The number of rotatable bonds is 1. The Morgan fingerprint density at radius 3 is 2.41 bits per heavy atom. The first-order chi connectivity index (χ1) is 10.9. The summed E-state index contributed by atoms with van der Waals surface area (Å²) in [6.07, 6.45) is 0. The Labute approximate surface area is 127 Å². The van der Waals surface area contributed by atoms with Gasteiger partial charge in [0, 0.05) is 16.3 Å². The van der Waals surface area contributed by atoms with E-state index in [-0.39, 0.29) is 0 Å². The van der Waals surface area contributed by atoms with E-state index in [1.807, 2.05) is 24.3 Å². The Hall–Kier alpha value is -3.00. The van der Waals surface area contributed by atoms with Crippen molar-refractivity contribution in [1.29, 1.82) is 0 Å². The first-order valence-electron chi connectivity index (χ1n) is 7.38. The fourth-order valence-electron chi connectivity index (χ4n) is 3.15. The van der Waals surface area contributed by atoms with Crippen LogP contribution in [0.15, 0.2) is 77.2 Å². The zero-order valence-corrected chi connectivity index (χ0v) is 11.8. The predicted octanol–water partition coefficient (Wildman–Crippen LogP) is 5.73. The number of furan rings is 1. The molecule has 2 nitrogen and oxygen atoms in total. The Balaban J connectivity index is 1.85. The van der Waals surface area contributed by atoms with Gasteiger partial charge in [-0.2, -0.15) is 0 Å². The summed E-state index contributed by atoms with van der Waals surface area (Å²) in [6.45, 7) is 0. The average Bonchev–Trinajstić information content (AvgIpc) is 3.11. The smallest absolute Gasteiger partial charge is 0.160 e. The number of nitrogens with one attached hydrogen (secondary N) is 1. The highest BCUT2D eigenvalue weighted by Crippen LogP contribution is 2.35. The highest BCUT2D eigenvalue weighted by Gasteiger charge is 2.13. The van der Waals surface area contributed by atoms with Crippen LogP contribution in [0, 0.1) is 0 Å². The summed E-state index contributed by atoms with van der Waals surface area (Å²) in [5, 5.41) is 2.27. The second kappa shape index (κ2) is 4.25. The normalized spacial score (nSPS) is 11.6. The van der Waals surface area contributed by atoms with Crippen LogP contribution in [-0.2, 0) is 0 Å². The van der Waals surface area contributed by atoms with E-state index >= 15 is 0 Å². The molecule has 0 radical (unpaired) electrons. The molecule has 22 heavy (non-hydrogen) atoms. The zero-order valence-electron chi connectivity index (χ0n) is 11.8. The number of para-hydroxylation sites is 1. The SMILES string of the molecule is c1ccc(-c2ccc3[nH]c4c5ccccc5oc4c3c2)cc1. The van der Waals surface area contributed by atoms with Crippen LogP contribution in [0.5, 0.6) is 0 Å². The van der Waals surface area contributed by atoms with Crippen LogP contribution in [0.2, 0.25) is 0 Å². The van der Waals surface area contributed by atoms with E-state index < -0.39 is 0 Å². The lowest BCUT2D eigenvalue weighted by molar-refractivity contribution is 0.673. The third-order valence-electron chi connectivity index (χ3n) is 4.23. The number of benzene rings is 3. The Bertz CT molecular complexity index is 1120. The molecule has 2 heteroatoms. The number of aromatic amines is 1. The summed E-state index contributed by atoms with van der Waals surface area (Å²) in [6, 6.07) is 25.0. The van der Waals surface area contributed by atoms with Crippen molar-refractivity contribution < 1.29 is 4.42 Å². The first-order valence-corrected chi connectivity index (χ1v) is 7.38. The van der Waals surface area contributed by atoms with Crippen molar-refractivity contribution in [2.24, 2.45) is 0 Å². The second-order valence-electron chi connectivity index (χ2n) is 5.55. The molecule has 0 saturated carbocycles. The van der Waals surface area contributed by atoms with Crippen LogP contribution in [0.3, 0.4) is 0 Å². The fourth-order valence-corrected chi connectivity index (χ4v) is 3.15. The highest BCUT2D eigenvalue weighted by atomic mass is 16.3. The van der Waals surface area contributed by atoms with E-state index in [2.05, 4.69) is 53.5 Å². The maximum Gasteiger partial charge on any atom is 0.160 e. The van der Waals surface area contributed by atoms with Crippen LogP contribution in [0.25, 0.3) is 44.1 Å². The predicted molar refractivity (Wildman–Crippen MR) is 91.0 cm³/mol. The van der Waals surface area contributed by atoms with E-state index in [1.54, 1.807) is 0 Å². The lowest BCUT2D eigenvalue weighted by atomic mass is 10.0. The molecule has 5 aromatic rings. The number of hydrogen-bond donors (Lipinski definition) is 1. The molecular weight excluding hydrogens is 270 g/mol. The molecule has 104 valence electrons. The summed E-state index contributed by atoms with van der Waals surface area (Å²) >= 11 is 0. The molecule has 5 rings (SSSR count). The molecule has 0 bridgehead atoms. The van der Waals surface area contributed by atoms with Gasteiger partial charge in [0.15, 0.2) is 5.58 Å². The maximum absolute atomic E-state index is 6.07. The topological polar surface area (TPSA) is 28.9 Å². The minimum Gasteiger partial charge on any atom is -0.454 e. The molecule has 0 amide bonds. The van der Waals surface area contributed by atoms with E-state index in [0.717, 1.165) is 33.0 Å². The van der Waals surface area contributed by atoms with Crippen molar-refractivity contribution in [3.63, 3.8) is 0 Å². The van der Waals surface area contributed by atoms with Gasteiger partial charge in [0.25, 0.3) is 0 Å². The van der Waals surface area contributed by atoms with Gasteiger partial charge in [-0.15, -0.1) is 0 Å². The number of fused-ring (bicyclic) bond motifs is 5. The molecule has 1 N–H and O–H groups in total. The van der Waals surface area contributed by atoms with Crippen LogP contribution in [0.1, 0.15) is 0 Å². The van der Waals surface area contributed by atoms with Gasteiger partial charge in [0.1, 0.15) is 5.58 Å². The molecule has 0 fully saturated rings. The molecule has 0 atom stereocenters. The van der Waals surface area contributed by atoms with Gasteiger partial charge in [-0.3, -0.25) is 0 Å². The van der Waals surface area contributed by atoms with Crippen LogP contribution in [-0.4, -0.2) is 4.98 Å². The fraction of sp³-hybridized carbons (Fsp3) is 0. The molecule has 3 aromatic carbocycles. The molecule has 0 aliphatic carbocycles. The molecular formula is C20H13NO. The van der Waals surface area contributed by atoms with Gasteiger partial charge >= 0.3 is 0 Å². The molecule has 0 aliphatic heterocycles. The summed E-state index contributed by atoms with van der Waals surface area (Å²) in [7, 11) is 0. The zero-order chi connectivity index (χ0) is 14.5. The van der Waals surface area contributed by atoms with Crippen molar-refractivity contribution in [2.75, 3.05) is 0 Å². The van der Waals surface area contributed by atoms with Gasteiger partial charge in [0.05, 0.1) is 5.52 Å². The number of hydrogen-bond acceptors (Lipinski definition) is 1. The van der Waals surface area contributed by atoms with E-state index in [0.29, 0.717) is 0 Å². The minimum absolute atomic E-state index is 0.927. The summed E-state index contributed by atoms with van der Waals surface area (Å²) in [5.41, 5.74) is 6.48. The van der Waals surface area contributed by atoms with Crippen LogP contribution >= 0.6 is 0 Å². The molecule has 0 spiro atoms. The van der Waals surface area contributed by atoms with E-state index in [9.17, 15) is 0 Å². The number of H-pyrrole nitrogens is 1. The standard InChI is InChI=1S/C20H13NO/c1-2-6-13(7-3-1)14-10-11-17-16(12-14)20-19(21-17)15-8-4-5-9-18(15)22-20/h1-12,21H. The van der Waals surface area contributed by atoms with E-state index in [1.165, 1.54) is 11.1 Å². The van der Waals surface area contributed by atoms with Crippen molar-refractivity contribution in [2.45, 2.75) is 0 Å². The Morgan fingerprint density at radius 1 is 0.682 bits per heavy atom. The molecule has 0 aliphatic rings. The molecule has 0 unspecified atom stereocenters. The maximum atomic E-state index is 6.07. The quantitative estimate of drug-likeness (QED) is 0.418. The average molecular weight is 283 g/mol. The van der Waals surface area contributed by atoms with Crippen LogP contribution in [0.4, 0.5) is 0 Å². The Kier molecular flexibility index (Phi) is 2.25. The van der Waals surface area contributed by atoms with Gasteiger partial charge in [-0.25, -0.2) is 0 Å². The lowest BCUT2D eigenvalue weighted by Gasteiger charge is -2.01. The third kappa shape index (κ3) is 1.55. The van der Waals surface area contributed by atoms with Crippen molar-refractivity contribution in [3.05, 3.63) is 72.8 Å². The summed E-state index contributed by atoms with van der Waals surface area (Å²) < 4.78 is 6.07. The Morgan fingerprint density at radius 2 is 1.50 bits per heavy atom. The lowest BCUT2D eigenvalue weighted by Crippen LogP contribution is -1.77. The van der Waals surface area contributed by atoms with Gasteiger partial charge < -0.3 is 9.40 Å². The molecule has 2 heterocycles. The van der Waals surface area contributed by atoms with Crippen molar-refractivity contribution in [3.8, 4) is 11.1 Å². The van der Waals surface area contributed by atoms with Crippen molar-refractivity contribution in [1.82, 2.24) is 4.98 Å². The first kappa shape index (κ1) is 11.6. The van der Waals surface area contributed by atoms with Crippen LogP contribution < -0.4 is 0 Å². The monoisotopic (exact) mass is 283 g/mol. The van der Waals surface area contributed by atoms with E-state index in [4.69, 9.17) is 4.42 Å². The minimum atomic E-state index is 0.927. The van der Waals surface area contributed by atoms with Gasteiger partial charge in [-0.1, -0.05) is 48.5 Å². The third-order valence-corrected chi connectivity index (χ3v) is 4.23. The second-order valence-corrected chi connectivity index (χ2v) is 5.55. The highest BCUT2D eigenvalue weighted by molar-refractivity contribution is 6.15. The number of aromatic nitrogens is 1. The summed E-state index contributed by atoms with van der Waals surface area (Å²) in [5.74, 6) is 0.